The molecule has 92 valence electrons. The molecule has 2 rings (SSSR count). The van der Waals surface area contributed by atoms with E-state index < -0.39 is 10.8 Å². The molecule has 18 heavy (non-hydrogen) atoms. The van der Waals surface area contributed by atoms with Gasteiger partial charge in [-0.2, -0.15) is 5.26 Å². The number of hydrogen-bond acceptors (Lipinski definition) is 5. The number of fused-ring (bicyclic) bond motifs is 1. The standard InChI is InChI=1S/C12H11N3O3/c1-7-2-3-8-10(6-15(16)17)9(5-13)12(14)18-11(8)4-7/h2-4,10H,6,14H2,1H3. The zero-order valence-electron chi connectivity index (χ0n) is 9.71. The van der Waals surface area contributed by atoms with Gasteiger partial charge in [-0.3, -0.25) is 10.1 Å². The number of nitriles is 1. The largest absolute Gasteiger partial charge is 0.440 e. The summed E-state index contributed by atoms with van der Waals surface area (Å²) in [7, 11) is 0. The summed E-state index contributed by atoms with van der Waals surface area (Å²) in [6.07, 6.45) is 0. The Kier molecular flexibility index (Phi) is 2.90. The van der Waals surface area contributed by atoms with Crippen LogP contribution in [0.1, 0.15) is 17.0 Å². The predicted octanol–water partition coefficient (Wildman–Crippen LogP) is 1.44. The third-order valence-electron chi connectivity index (χ3n) is 2.83. The second-order valence-electron chi connectivity index (χ2n) is 4.10. The lowest BCUT2D eigenvalue weighted by molar-refractivity contribution is -0.482. The number of benzene rings is 1. The SMILES string of the molecule is Cc1ccc2c(c1)OC(N)=C(C#N)C2C[N+](=O)[O-]. The lowest BCUT2D eigenvalue weighted by atomic mass is 9.89. The van der Waals surface area contributed by atoms with Gasteiger partial charge in [-0.15, -0.1) is 0 Å². The summed E-state index contributed by atoms with van der Waals surface area (Å²) in [6, 6.07) is 7.21. The van der Waals surface area contributed by atoms with Gasteiger partial charge in [0.1, 0.15) is 17.4 Å². The summed E-state index contributed by atoms with van der Waals surface area (Å²) in [5.74, 6) is -0.213. The highest BCUT2D eigenvalue weighted by Gasteiger charge is 2.32. The number of rotatable bonds is 2. The first-order valence-corrected chi connectivity index (χ1v) is 5.33. The third kappa shape index (κ3) is 1.98. The van der Waals surface area contributed by atoms with Gasteiger partial charge >= 0.3 is 0 Å². The van der Waals surface area contributed by atoms with Crippen LogP contribution < -0.4 is 10.5 Å². The Hall–Kier alpha value is -2.55. The van der Waals surface area contributed by atoms with E-state index >= 15 is 0 Å². The minimum atomic E-state index is -0.644. The molecule has 0 aromatic heterocycles. The normalized spacial score (nSPS) is 17.7. The summed E-state index contributed by atoms with van der Waals surface area (Å²) in [6.45, 7) is 1.51. The zero-order chi connectivity index (χ0) is 13.3. The fourth-order valence-electron chi connectivity index (χ4n) is 1.99. The molecule has 0 aliphatic carbocycles. The van der Waals surface area contributed by atoms with Crippen LogP contribution in [0.5, 0.6) is 5.75 Å². The molecule has 1 aromatic carbocycles. The van der Waals surface area contributed by atoms with E-state index in [0.29, 0.717) is 11.3 Å². The van der Waals surface area contributed by atoms with E-state index in [1.165, 1.54) is 0 Å². The van der Waals surface area contributed by atoms with Gasteiger partial charge in [0.15, 0.2) is 0 Å². The number of ether oxygens (including phenoxy) is 1. The number of aryl methyl sites for hydroxylation is 1. The minimum Gasteiger partial charge on any atom is -0.440 e. The van der Waals surface area contributed by atoms with Crippen molar-refractivity contribution in [3.05, 3.63) is 50.9 Å². The molecular formula is C12H11N3O3. The first-order valence-electron chi connectivity index (χ1n) is 5.33. The quantitative estimate of drug-likeness (QED) is 0.627. The number of hydrogen-bond donors (Lipinski definition) is 1. The van der Waals surface area contributed by atoms with Gasteiger partial charge in [-0.25, -0.2) is 0 Å². The Morgan fingerprint density at radius 2 is 2.33 bits per heavy atom. The van der Waals surface area contributed by atoms with Gasteiger partial charge in [-0.05, 0) is 18.6 Å². The first-order chi connectivity index (χ1) is 8.52. The predicted molar refractivity (Wildman–Crippen MR) is 63.2 cm³/mol. The van der Waals surface area contributed by atoms with Crippen molar-refractivity contribution in [3.63, 3.8) is 0 Å². The minimum absolute atomic E-state index is 0.0533. The van der Waals surface area contributed by atoms with Gasteiger partial charge in [0.2, 0.25) is 12.4 Å². The van der Waals surface area contributed by atoms with Crippen molar-refractivity contribution in [2.75, 3.05) is 6.54 Å². The van der Waals surface area contributed by atoms with Crippen molar-refractivity contribution in [1.29, 1.82) is 5.26 Å². The first kappa shape index (κ1) is 11.9. The highest BCUT2D eigenvalue weighted by molar-refractivity contribution is 5.50. The van der Waals surface area contributed by atoms with Crippen LogP contribution >= 0.6 is 0 Å². The molecule has 0 saturated heterocycles. The van der Waals surface area contributed by atoms with E-state index in [1.54, 1.807) is 12.1 Å². The van der Waals surface area contributed by atoms with Crippen LogP contribution in [-0.4, -0.2) is 11.5 Å². The van der Waals surface area contributed by atoms with Crippen molar-refractivity contribution in [2.45, 2.75) is 12.8 Å². The molecule has 1 aliphatic heterocycles. The van der Waals surface area contributed by atoms with Gasteiger partial charge in [-0.1, -0.05) is 12.1 Å². The van der Waals surface area contributed by atoms with E-state index in [2.05, 4.69) is 0 Å². The van der Waals surface area contributed by atoms with Crippen molar-refractivity contribution in [3.8, 4) is 11.8 Å². The van der Waals surface area contributed by atoms with Crippen LogP contribution in [0, 0.1) is 28.4 Å². The average molecular weight is 245 g/mol. The molecule has 0 radical (unpaired) electrons. The average Bonchev–Trinajstić information content (AvgIpc) is 2.27. The zero-order valence-corrected chi connectivity index (χ0v) is 9.71. The van der Waals surface area contributed by atoms with E-state index in [4.69, 9.17) is 15.7 Å². The number of nitro groups is 1. The molecule has 0 saturated carbocycles. The van der Waals surface area contributed by atoms with Crippen LogP contribution in [-0.2, 0) is 0 Å². The van der Waals surface area contributed by atoms with Crippen molar-refractivity contribution in [2.24, 2.45) is 5.73 Å². The van der Waals surface area contributed by atoms with Crippen molar-refractivity contribution in [1.82, 2.24) is 0 Å². The Balaban J connectivity index is 2.54. The van der Waals surface area contributed by atoms with Gasteiger partial charge in [0, 0.05) is 10.5 Å². The van der Waals surface area contributed by atoms with Crippen molar-refractivity contribution < 1.29 is 9.66 Å². The van der Waals surface area contributed by atoms with Crippen LogP contribution in [0.4, 0.5) is 0 Å². The van der Waals surface area contributed by atoms with Crippen LogP contribution in [0.3, 0.4) is 0 Å². The highest BCUT2D eigenvalue weighted by Crippen LogP contribution is 2.38. The second-order valence-corrected chi connectivity index (χ2v) is 4.10. The monoisotopic (exact) mass is 245 g/mol. The summed E-state index contributed by atoms with van der Waals surface area (Å²) in [4.78, 5) is 10.3. The third-order valence-corrected chi connectivity index (χ3v) is 2.83. The van der Waals surface area contributed by atoms with E-state index in [9.17, 15) is 10.1 Å². The molecule has 6 nitrogen and oxygen atoms in total. The lowest BCUT2D eigenvalue weighted by Crippen LogP contribution is -2.24. The lowest BCUT2D eigenvalue weighted by Gasteiger charge is -2.23. The maximum absolute atomic E-state index is 10.7. The molecule has 0 bridgehead atoms. The summed E-state index contributed by atoms with van der Waals surface area (Å²) in [5.41, 5.74) is 7.33. The molecule has 0 amide bonds. The maximum Gasteiger partial charge on any atom is 0.215 e. The van der Waals surface area contributed by atoms with E-state index in [-0.39, 0.29) is 18.0 Å². The number of nitrogens with two attached hydrogens (primary N) is 1. The second kappa shape index (κ2) is 4.37. The van der Waals surface area contributed by atoms with Crippen LogP contribution in [0.25, 0.3) is 0 Å². The summed E-state index contributed by atoms with van der Waals surface area (Å²) in [5, 5.41) is 19.7. The Morgan fingerprint density at radius 1 is 1.61 bits per heavy atom. The summed E-state index contributed by atoms with van der Waals surface area (Å²) >= 11 is 0. The number of nitrogens with zero attached hydrogens (tertiary/aromatic N) is 2. The molecule has 0 spiro atoms. The fraction of sp³-hybridized carbons (Fsp3) is 0.250. The molecule has 6 heteroatoms. The molecule has 1 unspecified atom stereocenters. The molecule has 0 fully saturated rings. The molecule has 2 N–H and O–H groups in total. The van der Waals surface area contributed by atoms with Gasteiger partial charge in [0.25, 0.3) is 0 Å². The van der Waals surface area contributed by atoms with Gasteiger partial charge < -0.3 is 10.5 Å². The topological polar surface area (TPSA) is 102 Å². The van der Waals surface area contributed by atoms with E-state index in [0.717, 1.165) is 5.56 Å². The smallest absolute Gasteiger partial charge is 0.215 e. The maximum atomic E-state index is 10.7. The van der Waals surface area contributed by atoms with Crippen molar-refractivity contribution >= 4 is 0 Å². The molecular weight excluding hydrogens is 234 g/mol. The Morgan fingerprint density at radius 3 is 2.94 bits per heavy atom. The molecule has 1 heterocycles. The Labute approximate surface area is 103 Å². The van der Waals surface area contributed by atoms with Crippen LogP contribution in [0.2, 0.25) is 0 Å². The van der Waals surface area contributed by atoms with Gasteiger partial charge in [0.05, 0.1) is 5.92 Å². The molecule has 1 aliphatic rings. The molecule has 1 atom stereocenters. The highest BCUT2D eigenvalue weighted by atomic mass is 16.6. The van der Waals surface area contributed by atoms with Crippen LogP contribution in [0.15, 0.2) is 29.7 Å². The summed E-state index contributed by atoms with van der Waals surface area (Å²) < 4.78 is 5.34. The molecule has 1 aromatic rings. The van der Waals surface area contributed by atoms with E-state index in [1.807, 2.05) is 19.1 Å². The fourth-order valence-corrected chi connectivity index (χ4v) is 1.99. The Bertz CT molecular complexity index is 587.